The number of halogens is 1. The van der Waals surface area contributed by atoms with Gasteiger partial charge in [0.25, 0.3) is 0 Å². The van der Waals surface area contributed by atoms with Crippen molar-refractivity contribution in [3.8, 4) is 0 Å². The lowest BCUT2D eigenvalue weighted by Gasteiger charge is -1.95. The summed E-state index contributed by atoms with van der Waals surface area (Å²) in [5.41, 5.74) is 0. The summed E-state index contributed by atoms with van der Waals surface area (Å²) in [5, 5.41) is 21.3. The molecule has 0 aliphatic heterocycles. The van der Waals surface area contributed by atoms with Crippen LogP contribution in [0, 0.1) is 0 Å². The quantitative estimate of drug-likeness (QED) is 0.553. The summed E-state index contributed by atoms with van der Waals surface area (Å²) < 4.78 is 0. The Morgan fingerprint density at radius 1 is 1.78 bits per heavy atom. The first-order valence-electron chi connectivity index (χ1n) is 2.32. The van der Waals surface area contributed by atoms with E-state index in [0.29, 0.717) is 0 Å². The Kier molecular flexibility index (Phi) is 1.96. The van der Waals surface area contributed by atoms with Crippen LogP contribution in [0.25, 0.3) is 0 Å². The molecule has 0 bridgehead atoms. The maximum absolute atomic E-state index is 8.90. The first kappa shape index (κ1) is 6.44. The van der Waals surface area contributed by atoms with Crippen LogP contribution in [-0.4, -0.2) is 31.6 Å². The summed E-state index contributed by atoms with van der Waals surface area (Å²) in [5.74, 6) is 0.310. The van der Waals surface area contributed by atoms with Gasteiger partial charge in [0.2, 0.25) is 5.82 Å². The number of tetrazole rings is 1. The fourth-order valence-electron chi connectivity index (χ4n) is 0.380. The number of nitrogens with zero attached hydrogens (tertiary/aromatic N) is 3. The van der Waals surface area contributed by atoms with Crippen molar-refractivity contribution < 1.29 is 5.11 Å². The van der Waals surface area contributed by atoms with Crippen LogP contribution in [-0.2, 0) is 0 Å². The van der Waals surface area contributed by atoms with Gasteiger partial charge >= 0.3 is 0 Å². The molecule has 0 aromatic carbocycles. The Labute approximate surface area is 56.0 Å². The van der Waals surface area contributed by atoms with Gasteiger partial charge in [-0.05, 0) is 0 Å². The lowest BCUT2D eigenvalue weighted by Crippen LogP contribution is -2.00. The Bertz CT molecular complexity index is 164. The third-order valence-corrected chi connectivity index (χ3v) is 1.10. The summed E-state index contributed by atoms with van der Waals surface area (Å²) in [7, 11) is 0. The summed E-state index contributed by atoms with van der Waals surface area (Å²) in [6, 6.07) is 0. The van der Waals surface area contributed by atoms with Gasteiger partial charge in [0.05, 0.1) is 5.88 Å². The number of hydrogen-bond acceptors (Lipinski definition) is 4. The van der Waals surface area contributed by atoms with Crippen LogP contribution in [0.15, 0.2) is 0 Å². The van der Waals surface area contributed by atoms with Crippen molar-refractivity contribution >= 4 is 11.6 Å². The van der Waals surface area contributed by atoms with Gasteiger partial charge in [-0.3, -0.25) is 0 Å². The van der Waals surface area contributed by atoms with Crippen LogP contribution in [0.4, 0.5) is 0 Å². The van der Waals surface area contributed by atoms with E-state index in [1.165, 1.54) is 0 Å². The molecule has 0 saturated carbocycles. The van der Waals surface area contributed by atoms with Crippen molar-refractivity contribution in [2.45, 2.75) is 6.10 Å². The molecule has 0 amide bonds. The van der Waals surface area contributed by atoms with E-state index in [1.807, 2.05) is 0 Å². The van der Waals surface area contributed by atoms with Crippen LogP contribution < -0.4 is 0 Å². The maximum Gasteiger partial charge on any atom is 0.204 e. The van der Waals surface area contributed by atoms with Gasteiger partial charge in [0.1, 0.15) is 6.10 Å². The first-order chi connectivity index (χ1) is 4.34. The van der Waals surface area contributed by atoms with E-state index in [2.05, 4.69) is 20.6 Å². The summed E-state index contributed by atoms with van der Waals surface area (Å²) in [6.45, 7) is 0. The van der Waals surface area contributed by atoms with Crippen LogP contribution in [0.1, 0.15) is 11.9 Å². The van der Waals surface area contributed by atoms with Crippen molar-refractivity contribution in [3.63, 3.8) is 0 Å². The monoisotopic (exact) mass is 148 g/mol. The molecule has 1 aromatic heterocycles. The molecule has 50 valence electrons. The van der Waals surface area contributed by atoms with E-state index < -0.39 is 6.10 Å². The number of aliphatic hydroxyl groups is 1. The second-order valence-corrected chi connectivity index (χ2v) is 1.75. The highest BCUT2D eigenvalue weighted by Crippen LogP contribution is 2.04. The lowest BCUT2D eigenvalue weighted by atomic mass is 10.4. The van der Waals surface area contributed by atoms with Crippen LogP contribution in [0.3, 0.4) is 0 Å². The maximum atomic E-state index is 8.90. The molecule has 1 atom stereocenters. The zero-order valence-electron chi connectivity index (χ0n) is 4.45. The number of nitrogens with one attached hydrogen (secondary N) is 1. The molecule has 2 N–H and O–H groups in total. The third kappa shape index (κ3) is 1.36. The molecule has 0 saturated heterocycles. The van der Waals surface area contributed by atoms with Crippen molar-refractivity contribution in [3.05, 3.63) is 5.82 Å². The normalized spacial score (nSPS) is 13.6. The van der Waals surface area contributed by atoms with Gasteiger partial charge in [0.15, 0.2) is 0 Å². The van der Waals surface area contributed by atoms with E-state index in [0.717, 1.165) is 0 Å². The molecule has 5 nitrogen and oxygen atoms in total. The molecular formula is C3H5ClN4O. The smallest absolute Gasteiger partial charge is 0.204 e. The second-order valence-electron chi connectivity index (χ2n) is 1.44. The number of rotatable bonds is 2. The van der Waals surface area contributed by atoms with Gasteiger partial charge < -0.3 is 5.11 Å². The molecule has 0 aliphatic rings. The standard InChI is InChI=1S/C3H5ClN4O/c4-1-2(9)3-5-7-8-6-3/h2,9H,1H2,(H,5,6,7,8). The van der Waals surface area contributed by atoms with E-state index in [-0.39, 0.29) is 11.7 Å². The topological polar surface area (TPSA) is 74.7 Å². The van der Waals surface area contributed by atoms with E-state index >= 15 is 0 Å². The minimum Gasteiger partial charge on any atom is -0.384 e. The zero-order chi connectivity index (χ0) is 6.69. The summed E-state index contributed by atoms with van der Waals surface area (Å²) in [4.78, 5) is 0. The molecule has 6 heteroatoms. The highest BCUT2D eigenvalue weighted by atomic mass is 35.5. The van der Waals surface area contributed by atoms with Gasteiger partial charge in [-0.1, -0.05) is 5.21 Å². The van der Waals surface area contributed by atoms with E-state index in [4.69, 9.17) is 16.7 Å². The summed E-state index contributed by atoms with van der Waals surface area (Å²) in [6.07, 6.45) is -0.814. The molecule has 1 aromatic rings. The number of hydrogen-bond donors (Lipinski definition) is 2. The summed E-state index contributed by atoms with van der Waals surface area (Å²) >= 11 is 5.27. The number of aromatic nitrogens is 4. The van der Waals surface area contributed by atoms with E-state index in [9.17, 15) is 0 Å². The second kappa shape index (κ2) is 2.75. The number of alkyl halides is 1. The molecule has 0 fully saturated rings. The molecule has 1 unspecified atom stereocenters. The predicted octanol–water partition coefficient (Wildman–Crippen LogP) is -0.528. The van der Waals surface area contributed by atoms with Crippen molar-refractivity contribution in [2.24, 2.45) is 0 Å². The molecule has 0 aliphatic carbocycles. The average molecular weight is 149 g/mol. The van der Waals surface area contributed by atoms with Crippen molar-refractivity contribution in [1.29, 1.82) is 0 Å². The SMILES string of the molecule is OC(CCl)c1nn[nH]n1. The number of aliphatic hydroxyl groups excluding tert-OH is 1. The fraction of sp³-hybridized carbons (Fsp3) is 0.667. The predicted molar refractivity (Wildman–Crippen MR) is 29.9 cm³/mol. The molecular weight excluding hydrogens is 144 g/mol. The Balaban J connectivity index is 2.65. The Morgan fingerprint density at radius 2 is 2.56 bits per heavy atom. The van der Waals surface area contributed by atoms with E-state index in [1.54, 1.807) is 0 Å². The molecule has 9 heavy (non-hydrogen) atoms. The number of aromatic amines is 1. The molecule has 1 rings (SSSR count). The Hall–Kier alpha value is -0.680. The zero-order valence-corrected chi connectivity index (χ0v) is 5.21. The highest BCUT2D eigenvalue weighted by molar-refractivity contribution is 6.18. The molecule has 0 radical (unpaired) electrons. The van der Waals surface area contributed by atoms with Crippen LogP contribution in [0.5, 0.6) is 0 Å². The molecule has 0 spiro atoms. The Morgan fingerprint density at radius 3 is 3.00 bits per heavy atom. The average Bonchev–Trinajstić information content (AvgIpc) is 2.37. The van der Waals surface area contributed by atoms with Gasteiger partial charge in [-0.15, -0.1) is 21.8 Å². The fourth-order valence-corrected chi connectivity index (χ4v) is 0.518. The minimum atomic E-state index is -0.814. The van der Waals surface area contributed by atoms with Gasteiger partial charge in [-0.25, -0.2) is 0 Å². The van der Waals surface area contributed by atoms with Crippen molar-refractivity contribution in [1.82, 2.24) is 20.6 Å². The van der Waals surface area contributed by atoms with Gasteiger partial charge in [-0.2, -0.15) is 5.21 Å². The lowest BCUT2D eigenvalue weighted by molar-refractivity contribution is 0.192. The first-order valence-corrected chi connectivity index (χ1v) is 2.85. The number of H-pyrrole nitrogens is 1. The van der Waals surface area contributed by atoms with Gasteiger partial charge in [0, 0.05) is 0 Å². The van der Waals surface area contributed by atoms with Crippen molar-refractivity contribution in [2.75, 3.05) is 5.88 Å². The van der Waals surface area contributed by atoms with Crippen LogP contribution in [0.2, 0.25) is 0 Å². The largest absolute Gasteiger partial charge is 0.384 e. The molecule has 1 heterocycles. The van der Waals surface area contributed by atoms with Crippen LogP contribution >= 0.6 is 11.6 Å². The minimum absolute atomic E-state index is 0.0829. The highest BCUT2D eigenvalue weighted by Gasteiger charge is 2.08. The third-order valence-electron chi connectivity index (χ3n) is 0.806.